The van der Waals surface area contributed by atoms with Crippen molar-refractivity contribution in [1.29, 1.82) is 0 Å². The summed E-state index contributed by atoms with van der Waals surface area (Å²) in [5, 5.41) is 13.3. The van der Waals surface area contributed by atoms with E-state index in [2.05, 4.69) is 5.32 Å². The molecule has 1 aromatic carbocycles. The quantitative estimate of drug-likeness (QED) is 0.710. The molecule has 2 N–H and O–H groups in total. The van der Waals surface area contributed by atoms with Crippen LogP contribution in [0.5, 0.6) is 0 Å². The van der Waals surface area contributed by atoms with Gasteiger partial charge in [-0.15, -0.1) is 0 Å². The first-order chi connectivity index (χ1) is 8.22. The predicted octanol–water partition coefficient (Wildman–Crippen LogP) is 3.64. The minimum atomic E-state index is 0.300. The van der Waals surface area contributed by atoms with Crippen LogP contribution in [0, 0.1) is 0 Å². The predicted molar refractivity (Wildman–Crippen MR) is 73.7 cm³/mol. The van der Waals surface area contributed by atoms with Crippen molar-refractivity contribution in [3.05, 3.63) is 33.8 Å². The summed E-state index contributed by atoms with van der Waals surface area (Å²) in [6.07, 6.45) is 4.29. The molecule has 4 heteroatoms. The first kappa shape index (κ1) is 14.8. The van der Waals surface area contributed by atoms with Crippen LogP contribution in [0.2, 0.25) is 10.0 Å². The molecule has 0 amide bonds. The topological polar surface area (TPSA) is 32.3 Å². The molecule has 17 heavy (non-hydrogen) atoms. The number of hydrogen-bond donors (Lipinski definition) is 2. The third kappa shape index (κ3) is 6.89. The molecule has 0 aliphatic heterocycles. The fraction of sp³-hybridized carbons (Fsp3) is 0.538. The first-order valence-electron chi connectivity index (χ1n) is 5.99. The fourth-order valence-electron chi connectivity index (χ4n) is 1.66. The lowest BCUT2D eigenvalue weighted by Gasteiger charge is -2.06. The maximum atomic E-state index is 8.63. The molecule has 0 aliphatic carbocycles. The highest BCUT2D eigenvalue weighted by molar-refractivity contribution is 6.34. The minimum Gasteiger partial charge on any atom is -0.396 e. The first-order valence-corrected chi connectivity index (χ1v) is 6.74. The van der Waals surface area contributed by atoms with Crippen LogP contribution in [0.1, 0.15) is 31.2 Å². The molecule has 0 unspecified atom stereocenters. The lowest BCUT2D eigenvalue weighted by atomic mass is 10.2. The lowest BCUT2D eigenvalue weighted by molar-refractivity contribution is 0.282. The van der Waals surface area contributed by atoms with Crippen molar-refractivity contribution in [2.24, 2.45) is 0 Å². The van der Waals surface area contributed by atoms with Crippen LogP contribution in [0.25, 0.3) is 0 Å². The Hall–Kier alpha value is -0.280. The van der Waals surface area contributed by atoms with Gasteiger partial charge in [0, 0.05) is 23.2 Å². The van der Waals surface area contributed by atoms with Crippen LogP contribution in [0.15, 0.2) is 18.2 Å². The van der Waals surface area contributed by atoms with E-state index in [4.69, 9.17) is 28.3 Å². The monoisotopic (exact) mass is 275 g/mol. The van der Waals surface area contributed by atoms with Crippen molar-refractivity contribution in [2.45, 2.75) is 32.2 Å². The third-order valence-electron chi connectivity index (χ3n) is 2.51. The van der Waals surface area contributed by atoms with Gasteiger partial charge in [-0.1, -0.05) is 36.0 Å². The molecule has 0 aliphatic rings. The van der Waals surface area contributed by atoms with Crippen molar-refractivity contribution >= 4 is 23.2 Å². The summed E-state index contributed by atoms with van der Waals surface area (Å²) in [6.45, 7) is 2.07. The molecule has 2 nitrogen and oxygen atoms in total. The zero-order valence-corrected chi connectivity index (χ0v) is 11.4. The summed E-state index contributed by atoms with van der Waals surface area (Å²) in [4.78, 5) is 0. The highest BCUT2D eigenvalue weighted by Gasteiger charge is 1.98. The van der Waals surface area contributed by atoms with Gasteiger partial charge < -0.3 is 10.4 Å². The Morgan fingerprint density at radius 3 is 2.24 bits per heavy atom. The van der Waals surface area contributed by atoms with Gasteiger partial charge in [0.15, 0.2) is 0 Å². The second-order valence-corrected chi connectivity index (χ2v) is 4.97. The Kier molecular flexibility index (Phi) is 7.62. The molecule has 0 saturated heterocycles. The molecule has 0 radical (unpaired) electrons. The van der Waals surface area contributed by atoms with E-state index in [9.17, 15) is 0 Å². The van der Waals surface area contributed by atoms with E-state index in [-0.39, 0.29) is 0 Å². The van der Waals surface area contributed by atoms with Crippen LogP contribution in [-0.2, 0) is 6.54 Å². The molecule has 0 saturated carbocycles. The van der Waals surface area contributed by atoms with E-state index in [0.29, 0.717) is 16.7 Å². The highest BCUT2D eigenvalue weighted by Crippen LogP contribution is 2.18. The molecule has 0 spiro atoms. The number of halogens is 2. The van der Waals surface area contributed by atoms with Gasteiger partial charge in [0.1, 0.15) is 0 Å². The van der Waals surface area contributed by atoms with E-state index in [1.807, 2.05) is 12.1 Å². The number of hydrogen-bond acceptors (Lipinski definition) is 2. The number of rotatable bonds is 8. The lowest BCUT2D eigenvalue weighted by Crippen LogP contribution is -2.14. The van der Waals surface area contributed by atoms with Gasteiger partial charge >= 0.3 is 0 Å². The Bertz CT molecular complexity index is 311. The van der Waals surface area contributed by atoms with E-state index in [1.165, 1.54) is 0 Å². The maximum Gasteiger partial charge on any atom is 0.0431 e. The Labute approximate surface area is 113 Å². The van der Waals surface area contributed by atoms with Crippen molar-refractivity contribution in [1.82, 2.24) is 5.32 Å². The van der Waals surface area contributed by atoms with Crippen LogP contribution in [0.4, 0.5) is 0 Å². The summed E-state index contributed by atoms with van der Waals surface area (Å²) in [6, 6.07) is 5.58. The Morgan fingerprint density at radius 2 is 1.59 bits per heavy atom. The maximum absolute atomic E-state index is 8.63. The highest BCUT2D eigenvalue weighted by atomic mass is 35.5. The van der Waals surface area contributed by atoms with Gasteiger partial charge in [0.05, 0.1) is 0 Å². The molecule has 0 bridgehead atoms. The summed E-state index contributed by atoms with van der Waals surface area (Å²) in [5.74, 6) is 0. The molecule has 0 heterocycles. The van der Waals surface area contributed by atoms with Crippen molar-refractivity contribution < 1.29 is 5.11 Å². The minimum absolute atomic E-state index is 0.300. The summed E-state index contributed by atoms with van der Waals surface area (Å²) < 4.78 is 0. The molecule has 0 atom stereocenters. The van der Waals surface area contributed by atoms with Crippen molar-refractivity contribution in [2.75, 3.05) is 13.2 Å². The van der Waals surface area contributed by atoms with E-state index < -0.39 is 0 Å². The molecule has 0 aromatic heterocycles. The van der Waals surface area contributed by atoms with Gasteiger partial charge in [-0.25, -0.2) is 0 Å². The SMILES string of the molecule is OCCCCCCNCc1cc(Cl)cc(Cl)c1. The van der Waals surface area contributed by atoms with Crippen LogP contribution >= 0.6 is 23.2 Å². The fourth-order valence-corrected chi connectivity index (χ4v) is 2.23. The summed E-state index contributed by atoms with van der Waals surface area (Å²) in [7, 11) is 0. The molecule has 96 valence electrons. The number of nitrogens with one attached hydrogen (secondary N) is 1. The number of aliphatic hydroxyl groups excluding tert-OH is 1. The van der Waals surface area contributed by atoms with E-state index >= 15 is 0 Å². The number of aliphatic hydroxyl groups is 1. The van der Waals surface area contributed by atoms with E-state index in [0.717, 1.165) is 44.3 Å². The van der Waals surface area contributed by atoms with Gasteiger partial charge in [0.2, 0.25) is 0 Å². The zero-order valence-electron chi connectivity index (χ0n) is 9.88. The average Bonchev–Trinajstić information content (AvgIpc) is 2.26. The smallest absolute Gasteiger partial charge is 0.0431 e. The standard InChI is InChI=1S/C13H19Cl2NO/c14-12-7-11(8-13(15)9-12)10-16-5-3-1-2-4-6-17/h7-9,16-17H,1-6,10H2. The van der Waals surface area contributed by atoms with Crippen LogP contribution < -0.4 is 5.32 Å². The molecule has 1 rings (SSSR count). The zero-order chi connectivity index (χ0) is 12.5. The van der Waals surface area contributed by atoms with Gasteiger partial charge in [-0.3, -0.25) is 0 Å². The van der Waals surface area contributed by atoms with E-state index in [1.54, 1.807) is 6.07 Å². The molecule has 1 aromatic rings. The third-order valence-corrected chi connectivity index (χ3v) is 2.95. The van der Waals surface area contributed by atoms with Crippen LogP contribution in [0.3, 0.4) is 0 Å². The Morgan fingerprint density at radius 1 is 0.941 bits per heavy atom. The molecular weight excluding hydrogens is 257 g/mol. The normalized spacial score (nSPS) is 10.8. The van der Waals surface area contributed by atoms with Crippen molar-refractivity contribution in [3.8, 4) is 0 Å². The van der Waals surface area contributed by atoms with Gasteiger partial charge in [-0.05, 0) is 43.1 Å². The Balaban J connectivity index is 2.13. The molecule has 0 fully saturated rings. The average molecular weight is 276 g/mol. The summed E-state index contributed by atoms with van der Waals surface area (Å²) >= 11 is 11.8. The second-order valence-electron chi connectivity index (χ2n) is 4.09. The van der Waals surface area contributed by atoms with Crippen LogP contribution in [-0.4, -0.2) is 18.3 Å². The summed E-state index contributed by atoms with van der Waals surface area (Å²) in [5.41, 5.74) is 1.11. The largest absolute Gasteiger partial charge is 0.396 e. The molecular formula is C13H19Cl2NO. The second kappa shape index (κ2) is 8.76. The number of benzene rings is 1. The number of unbranched alkanes of at least 4 members (excludes halogenated alkanes) is 3. The van der Waals surface area contributed by atoms with Crippen molar-refractivity contribution in [3.63, 3.8) is 0 Å². The van der Waals surface area contributed by atoms with Gasteiger partial charge in [0.25, 0.3) is 0 Å². The van der Waals surface area contributed by atoms with Gasteiger partial charge in [-0.2, -0.15) is 0 Å².